The van der Waals surface area contributed by atoms with Crippen molar-refractivity contribution in [1.29, 1.82) is 0 Å². The predicted molar refractivity (Wildman–Crippen MR) is 64.5 cm³/mol. The summed E-state index contributed by atoms with van der Waals surface area (Å²) in [4.78, 5) is 4.14. The largest absolute Gasteiger partial charge is 0.236 e. The number of aromatic nitrogens is 3. The quantitative estimate of drug-likeness (QED) is 0.770. The zero-order chi connectivity index (χ0) is 11.5. The molecule has 2 rings (SSSR count). The molecule has 0 aliphatic heterocycles. The lowest BCUT2D eigenvalue weighted by atomic mass is 10.2. The molecular weight excluding hydrogens is 245 g/mol. The minimum absolute atomic E-state index is 0.230. The number of hydrogen-bond acceptors (Lipinski definition) is 3. The molecule has 16 heavy (non-hydrogen) atoms. The van der Waals surface area contributed by atoms with E-state index in [-0.39, 0.29) is 5.38 Å². The molecule has 5 heteroatoms. The van der Waals surface area contributed by atoms with Gasteiger partial charge in [-0.3, -0.25) is 0 Å². The maximum atomic E-state index is 5.84. The van der Waals surface area contributed by atoms with Crippen LogP contribution in [-0.4, -0.2) is 15.2 Å². The lowest BCUT2D eigenvalue weighted by Gasteiger charge is -2.02. The third-order valence-corrected chi connectivity index (χ3v) is 2.52. The number of rotatable bonds is 2. The standard InChI is InChI=1S/C11H9Cl2N3/c1-7(12)11-14-6-10(15-16-11)8-2-4-9(13)5-3-8/h2-7H,1H3/t7-/m1/s1. The Balaban J connectivity index is 2.31. The van der Waals surface area contributed by atoms with E-state index >= 15 is 0 Å². The van der Waals surface area contributed by atoms with Crippen molar-refractivity contribution in [2.45, 2.75) is 12.3 Å². The van der Waals surface area contributed by atoms with Crippen molar-refractivity contribution in [3.05, 3.63) is 41.3 Å². The van der Waals surface area contributed by atoms with Gasteiger partial charge in [0.05, 0.1) is 11.6 Å². The molecule has 1 atom stereocenters. The average molecular weight is 254 g/mol. The van der Waals surface area contributed by atoms with Crippen molar-refractivity contribution < 1.29 is 0 Å². The summed E-state index contributed by atoms with van der Waals surface area (Å²) in [5.41, 5.74) is 1.64. The fourth-order valence-corrected chi connectivity index (χ4v) is 1.45. The molecule has 3 nitrogen and oxygen atoms in total. The van der Waals surface area contributed by atoms with E-state index in [4.69, 9.17) is 23.2 Å². The normalized spacial score (nSPS) is 12.4. The van der Waals surface area contributed by atoms with Gasteiger partial charge < -0.3 is 0 Å². The Hall–Kier alpha value is -1.19. The van der Waals surface area contributed by atoms with Crippen LogP contribution in [0.4, 0.5) is 0 Å². The highest BCUT2D eigenvalue weighted by atomic mass is 35.5. The smallest absolute Gasteiger partial charge is 0.168 e. The molecular formula is C11H9Cl2N3. The highest BCUT2D eigenvalue weighted by Crippen LogP contribution is 2.19. The molecule has 82 valence electrons. The van der Waals surface area contributed by atoms with E-state index in [2.05, 4.69) is 15.2 Å². The second-order valence-electron chi connectivity index (χ2n) is 3.32. The molecule has 0 saturated heterocycles. The molecule has 2 aromatic rings. The van der Waals surface area contributed by atoms with Crippen LogP contribution in [0.25, 0.3) is 11.3 Å². The lowest BCUT2D eigenvalue weighted by Crippen LogP contribution is -1.98. The number of halogens is 2. The summed E-state index contributed by atoms with van der Waals surface area (Å²) in [5.74, 6) is 0.527. The minimum atomic E-state index is -0.230. The highest BCUT2D eigenvalue weighted by Gasteiger charge is 2.06. The van der Waals surface area contributed by atoms with Crippen molar-refractivity contribution in [1.82, 2.24) is 15.2 Å². The zero-order valence-corrected chi connectivity index (χ0v) is 10.1. The van der Waals surface area contributed by atoms with Gasteiger partial charge in [-0.05, 0) is 19.1 Å². The van der Waals surface area contributed by atoms with E-state index in [1.807, 2.05) is 12.1 Å². The van der Waals surface area contributed by atoms with E-state index in [0.717, 1.165) is 5.56 Å². The van der Waals surface area contributed by atoms with Crippen molar-refractivity contribution in [3.63, 3.8) is 0 Å². The van der Waals surface area contributed by atoms with Gasteiger partial charge in [0.1, 0.15) is 5.69 Å². The van der Waals surface area contributed by atoms with E-state index in [1.165, 1.54) is 0 Å². The van der Waals surface area contributed by atoms with Crippen molar-refractivity contribution >= 4 is 23.2 Å². The number of nitrogens with zero attached hydrogens (tertiary/aromatic N) is 3. The first-order chi connectivity index (χ1) is 7.66. The van der Waals surface area contributed by atoms with E-state index in [9.17, 15) is 0 Å². The SMILES string of the molecule is C[C@@H](Cl)c1ncc(-c2ccc(Cl)cc2)nn1. The molecule has 1 heterocycles. The Morgan fingerprint density at radius 2 is 1.81 bits per heavy atom. The van der Waals surface area contributed by atoms with Gasteiger partial charge in [-0.25, -0.2) is 4.98 Å². The van der Waals surface area contributed by atoms with Crippen LogP contribution >= 0.6 is 23.2 Å². The van der Waals surface area contributed by atoms with Crippen molar-refractivity contribution in [2.75, 3.05) is 0 Å². The summed E-state index contributed by atoms with van der Waals surface area (Å²) in [6.45, 7) is 1.81. The molecule has 1 aromatic heterocycles. The number of benzene rings is 1. The van der Waals surface area contributed by atoms with Crippen molar-refractivity contribution in [3.8, 4) is 11.3 Å². The van der Waals surface area contributed by atoms with E-state index < -0.39 is 0 Å². The second-order valence-corrected chi connectivity index (χ2v) is 4.42. The van der Waals surface area contributed by atoms with Crippen LogP contribution in [0, 0.1) is 0 Å². The van der Waals surface area contributed by atoms with E-state index in [1.54, 1.807) is 25.3 Å². The summed E-state index contributed by atoms with van der Waals surface area (Å²) in [6, 6.07) is 7.35. The first-order valence-corrected chi connectivity index (χ1v) is 5.58. The Kier molecular flexibility index (Phi) is 3.36. The number of alkyl halides is 1. The Morgan fingerprint density at radius 3 is 2.31 bits per heavy atom. The molecule has 0 unspecified atom stereocenters. The first kappa shape index (κ1) is 11.3. The molecule has 0 fully saturated rings. The van der Waals surface area contributed by atoms with Gasteiger partial charge >= 0.3 is 0 Å². The van der Waals surface area contributed by atoms with Crippen LogP contribution in [0.2, 0.25) is 5.02 Å². The minimum Gasteiger partial charge on any atom is -0.236 e. The predicted octanol–water partition coefficient (Wildman–Crippen LogP) is 3.49. The van der Waals surface area contributed by atoms with Gasteiger partial charge in [-0.2, -0.15) is 0 Å². The van der Waals surface area contributed by atoms with Gasteiger partial charge in [-0.15, -0.1) is 21.8 Å². The monoisotopic (exact) mass is 253 g/mol. The van der Waals surface area contributed by atoms with Crippen LogP contribution < -0.4 is 0 Å². The second kappa shape index (κ2) is 4.76. The molecule has 1 aromatic carbocycles. The van der Waals surface area contributed by atoms with Crippen LogP contribution in [0.5, 0.6) is 0 Å². The molecule has 0 spiro atoms. The lowest BCUT2D eigenvalue weighted by molar-refractivity contribution is 0.834. The van der Waals surface area contributed by atoms with Crippen LogP contribution in [0.1, 0.15) is 18.1 Å². The number of hydrogen-bond donors (Lipinski definition) is 0. The summed E-state index contributed by atoms with van der Waals surface area (Å²) in [7, 11) is 0. The first-order valence-electron chi connectivity index (χ1n) is 4.76. The molecule has 0 aliphatic rings. The molecule has 0 saturated carbocycles. The van der Waals surface area contributed by atoms with E-state index in [0.29, 0.717) is 16.5 Å². The fraction of sp³-hybridized carbons (Fsp3) is 0.182. The Morgan fingerprint density at radius 1 is 1.12 bits per heavy atom. The maximum absolute atomic E-state index is 5.84. The van der Waals surface area contributed by atoms with Gasteiger partial charge in [0.25, 0.3) is 0 Å². The van der Waals surface area contributed by atoms with Gasteiger partial charge in [-0.1, -0.05) is 23.7 Å². The summed E-state index contributed by atoms with van der Waals surface area (Å²) in [6.07, 6.45) is 1.66. The van der Waals surface area contributed by atoms with Crippen LogP contribution in [0.15, 0.2) is 30.5 Å². The summed E-state index contributed by atoms with van der Waals surface area (Å²) >= 11 is 11.6. The topological polar surface area (TPSA) is 38.7 Å². The van der Waals surface area contributed by atoms with Gasteiger partial charge in [0.15, 0.2) is 5.82 Å². The van der Waals surface area contributed by atoms with Gasteiger partial charge in [0, 0.05) is 10.6 Å². The van der Waals surface area contributed by atoms with Crippen LogP contribution in [-0.2, 0) is 0 Å². The van der Waals surface area contributed by atoms with Crippen LogP contribution in [0.3, 0.4) is 0 Å². The fourth-order valence-electron chi connectivity index (χ4n) is 1.22. The molecule has 0 bridgehead atoms. The average Bonchev–Trinajstić information content (AvgIpc) is 2.30. The van der Waals surface area contributed by atoms with Gasteiger partial charge in [0.2, 0.25) is 0 Å². The Bertz CT molecular complexity index is 466. The highest BCUT2D eigenvalue weighted by molar-refractivity contribution is 6.30. The third-order valence-electron chi connectivity index (χ3n) is 2.08. The molecule has 0 aliphatic carbocycles. The van der Waals surface area contributed by atoms with Crippen molar-refractivity contribution in [2.24, 2.45) is 0 Å². The maximum Gasteiger partial charge on any atom is 0.168 e. The Labute approximate surface area is 103 Å². The summed E-state index contributed by atoms with van der Waals surface area (Å²) in [5, 5.41) is 8.47. The third kappa shape index (κ3) is 2.49. The summed E-state index contributed by atoms with van der Waals surface area (Å²) < 4.78 is 0. The zero-order valence-electron chi connectivity index (χ0n) is 8.56. The molecule has 0 radical (unpaired) electrons. The molecule has 0 amide bonds. The molecule has 0 N–H and O–H groups in total.